The first-order chi connectivity index (χ1) is 17.6. The van der Waals surface area contributed by atoms with Crippen LogP contribution in [-0.2, 0) is 4.74 Å². The van der Waals surface area contributed by atoms with Gasteiger partial charge < -0.3 is 19.5 Å². The molecule has 6 rings (SSSR count). The quantitative estimate of drug-likeness (QED) is 0.453. The van der Waals surface area contributed by atoms with Gasteiger partial charge in [-0.25, -0.2) is 15.0 Å². The lowest BCUT2D eigenvalue weighted by atomic mass is 10.1. The summed E-state index contributed by atoms with van der Waals surface area (Å²) in [6.45, 7) is 11.5. The SMILES string of the molecule is CCN1CCC(n2cc(-c3c[nH]c4ncc(-c5ccc(N6C[C@H](C)O[C@@H](C)C6)nc5)nc34)cn2)CC1. The molecule has 9 nitrogen and oxygen atoms in total. The fourth-order valence-electron chi connectivity index (χ4n) is 5.52. The van der Waals surface area contributed by atoms with Crippen LogP contribution in [-0.4, -0.2) is 79.5 Å². The van der Waals surface area contributed by atoms with Crippen molar-refractivity contribution in [2.75, 3.05) is 37.6 Å². The lowest BCUT2D eigenvalue weighted by Crippen LogP contribution is -2.45. The molecule has 0 bridgehead atoms. The van der Waals surface area contributed by atoms with Gasteiger partial charge in [-0.3, -0.25) is 4.68 Å². The number of piperidine rings is 1. The average molecular weight is 487 g/mol. The van der Waals surface area contributed by atoms with Crippen molar-refractivity contribution < 1.29 is 4.74 Å². The number of rotatable bonds is 5. The predicted molar refractivity (Wildman–Crippen MR) is 141 cm³/mol. The zero-order valence-electron chi connectivity index (χ0n) is 21.3. The molecule has 2 aliphatic rings. The molecule has 0 spiro atoms. The number of aromatic amines is 1. The number of H-pyrrole nitrogens is 1. The summed E-state index contributed by atoms with van der Waals surface area (Å²) in [5.41, 5.74) is 5.48. The molecule has 2 aliphatic heterocycles. The topological polar surface area (TPSA) is 88.0 Å². The Bertz CT molecular complexity index is 1310. The van der Waals surface area contributed by atoms with Crippen LogP contribution in [0.25, 0.3) is 33.5 Å². The van der Waals surface area contributed by atoms with Gasteiger partial charge in [-0.05, 0) is 45.4 Å². The molecular weight excluding hydrogens is 452 g/mol. The maximum absolute atomic E-state index is 5.86. The summed E-state index contributed by atoms with van der Waals surface area (Å²) in [5, 5.41) is 4.71. The molecule has 2 fully saturated rings. The Kier molecular flexibility index (Phi) is 6.18. The smallest absolute Gasteiger partial charge is 0.156 e. The van der Waals surface area contributed by atoms with E-state index >= 15 is 0 Å². The number of ether oxygens (including phenoxy) is 1. The van der Waals surface area contributed by atoms with Crippen molar-refractivity contribution in [2.24, 2.45) is 0 Å². The number of hydrogen-bond acceptors (Lipinski definition) is 7. The predicted octanol–water partition coefficient (Wildman–Crippen LogP) is 4.15. The molecule has 0 radical (unpaired) electrons. The van der Waals surface area contributed by atoms with Crippen molar-refractivity contribution >= 4 is 17.0 Å². The van der Waals surface area contributed by atoms with Gasteiger partial charge in [0, 0.05) is 61.5 Å². The number of fused-ring (bicyclic) bond motifs is 1. The third-order valence-corrected chi connectivity index (χ3v) is 7.46. The first-order valence-electron chi connectivity index (χ1n) is 13.0. The van der Waals surface area contributed by atoms with E-state index in [0.717, 1.165) is 84.9 Å². The van der Waals surface area contributed by atoms with Crippen molar-refractivity contribution in [1.82, 2.24) is 34.6 Å². The number of hydrogen-bond donors (Lipinski definition) is 1. The van der Waals surface area contributed by atoms with Crippen molar-refractivity contribution in [3.63, 3.8) is 0 Å². The highest BCUT2D eigenvalue weighted by atomic mass is 16.5. The Morgan fingerprint density at radius 2 is 1.81 bits per heavy atom. The Balaban J connectivity index is 1.23. The first kappa shape index (κ1) is 23.1. The zero-order chi connectivity index (χ0) is 24.6. The highest BCUT2D eigenvalue weighted by molar-refractivity contribution is 5.91. The van der Waals surface area contributed by atoms with E-state index in [4.69, 9.17) is 19.8 Å². The summed E-state index contributed by atoms with van der Waals surface area (Å²) in [5.74, 6) is 0.967. The van der Waals surface area contributed by atoms with Crippen LogP contribution in [0, 0.1) is 0 Å². The van der Waals surface area contributed by atoms with Crippen LogP contribution >= 0.6 is 0 Å². The summed E-state index contributed by atoms with van der Waals surface area (Å²) in [4.78, 5) is 22.4. The monoisotopic (exact) mass is 486 g/mol. The van der Waals surface area contributed by atoms with E-state index in [2.05, 4.69) is 63.6 Å². The molecule has 0 aromatic carbocycles. The van der Waals surface area contributed by atoms with Gasteiger partial charge in [0.2, 0.25) is 0 Å². The van der Waals surface area contributed by atoms with E-state index in [1.54, 1.807) is 0 Å². The highest BCUT2D eigenvalue weighted by Gasteiger charge is 2.24. The summed E-state index contributed by atoms with van der Waals surface area (Å²) >= 11 is 0. The third-order valence-electron chi connectivity index (χ3n) is 7.46. The van der Waals surface area contributed by atoms with E-state index in [1.165, 1.54) is 0 Å². The van der Waals surface area contributed by atoms with E-state index in [0.29, 0.717) is 6.04 Å². The number of nitrogens with one attached hydrogen (secondary N) is 1. The van der Waals surface area contributed by atoms with E-state index in [-0.39, 0.29) is 12.2 Å². The van der Waals surface area contributed by atoms with Crippen LogP contribution in [0.3, 0.4) is 0 Å². The molecule has 188 valence electrons. The minimum Gasteiger partial charge on any atom is -0.372 e. The van der Waals surface area contributed by atoms with Crippen LogP contribution in [0.15, 0.2) is 43.1 Å². The maximum atomic E-state index is 5.86. The number of morpholine rings is 1. The minimum atomic E-state index is 0.198. The lowest BCUT2D eigenvalue weighted by Gasteiger charge is -2.36. The van der Waals surface area contributed by atoms with Crippen molar-refractivity contribution in [3.8, 4) is 22.4 Å². The lowest BCUT2D eigenvalue weighted by molar-refractivity contribution is -0.00545. The molecular formula is C27H34N8O. The van der Waals surface area contributed by atoms with Gasteiger partial charge in [0.05, 0.1) is 36.3 Å². The maximum Gasteiger partial charge on any atom is 0.156 e. The second-order valence-corrected chi connectivity index (χ2v) is 10.1. The summed E-state index contributed by atoms with van der Waals surface area (Å²) in [6.07, 6.45) is 12.5. The van der Waals surface area contributed by atoms with Crippen LogP contribution in [0.4, 0.5) is 5.82 Å². The van der Waals surface area contributed by atoms with Crippen molar-refractivity contribution in [1.29, 1.82) is 0 Å². The van der Waals surface area contributed by atoms with Gasteiger partial charge in [0.1, 0.15) is 11.3 Å². The van der Waals surface area contributed by atoms with E-state index in [1.807, 2.05) is 24.8 Å². The highest BCUT2D eigenvalue weighted by Crippen LogP contribution is 2.30. The molecule has 2 saturated heterocycles. The standard InChI is InChI=1S/C27H34N8O/c1-4-33-9-7-22(8-10-33)35-17-21(12-31-35)23-13-29-27-26(23)32-24(14-30-27)20-5-6-25(28-11-20)34-15-18(2)36-19(3)16-34/h5-6,11-14,17-19,22H,4,7-10,15-16H2,1-3H3,(H,29,30)/t18-,19-/m0/s1. The Morgan fingerprint density at radius 3 is 2.53 bits per heavy atom. The van der Waals surface area contributed by atoms with Crippen LogP contribution in [0.5, 0.6) is 0 Å². The summed E-state index contributed by atoms with van der Waals surface area (Å²) < 4.78 is 7.99. The molecule has 0 unspecified atom stereocenters. The van der Waals surface area contributed by atoms with Crippen molar-refractivity contribution in [3.05, 3.63) is 43.1 Å². The second-order valence-electron chi connectivity index (χ2n) is 10.1. The Labute approximate surface area is 211 Å². The van der Waals surface area contributed by atoms with Crippen molar-refractivity contribution in [2.45, 2.75) is 51.9 Å². The molecule has 4 aromatic rings. The molecule has 1 N–H and O–H groups in total. The third kappa shape index (κ3) is 4.49. The van der Waals surface area contributed by atoms with Crippen LogP contribution < -0.4 is 4.90 Å². The Hall–Kier alpha value is -3.30. The van der Waals surface area contributed by atoms with Crippen LogP contribution in [0.1, 0.15) is 39.7 Å². The molecule has 4 aromatic heterocycles. The largest absolute Gasteiger partial charge is 0.372 e. The molecule has 6 heterocycles. The average Bonchev–Trinajstić information content (AvgIpc) is 3.55. The van der Waals surface area contributed by atoms with E-state index in [9.17, 15) is 0 Å². The molecule has 2 atom stereocenters. The van der Waals surface area contributed by atoms with Gasteiger partial charge in [-0.1, -0.05) is 6.92 Å². The molecule has 36 heavy (non-hydrogen) atoms. The van der Waals surface area contributed by atoms with Gasteiger partial charge in [-0.2, -0.15) is 5.10 Å². The van der Waals surface area contributed by atoms with E-state index < -0.39 is 0 Å². The fourth-order valence-corrected chi connectivity index (χ4v) is 5.52. The van der Waals surface area contributed by atoms with Crippen LogP contribution in [0.2, 0.25) is 0 Å². The van der Waals surface area contributed by atoms with Gasteiger partial charge in [-0.15, -0.1) is 0 Å². The number of aromatic nitrogens is 6. The molecule has 0 aliphatic carbocycles. The number of nitrogens with zero attached hydrogens (tertiary/aromatic N) is 7. The molecule has 0 saturated carbocycles. The zero-order valence-corrected chi connectivity index (χ0v) is 21.3. The fraction of sp³-hybridized carbons (Fsp3) is 0.481. The second kappa shape index (κ2) is 9.63. The first-order valence-corrected chi connectivity index (χ1v) is 13.0. The number of likely N-dealkylation sites (tertiary alicyclic amines) is 1. The normalized spacial score (nSPS) is 21.9. The Morgan fingerprint density at radius 1 is 1.00 bits per heavy atom. The summed E-state index contributed by atoms with van der Waals surface area (Å²) in [6, 6.07) is 4.60. The molecule has 0 amide bonds. The van der Waals surface area contributed by atoms with Gasteiger partial charge >= 0.3 is 0 Å². The minimum absolute atomic E-state index is 0.198. The number of pyridine rings is 1. The molecule has 9 heteroatoms. The summed E-state index contributed by atoms with van der Waals surface area (Å²) in [7, 11) is 0. The van der Waals surface area contributed by atoms with Gasteiger partial charge in [0.15, 0.2) is 5.65 Å². The number of anilines is 1. The van der Waals surface area contributed by atoms with Gasteiger partial charge in [0.25, 0.3) is 0 Å².